The molecule has 0 aromatic heterocycles. The Kier molecular flexibility index (Phi) is 5.12. The van der Waals surface area contributed by atoms with Crippen molar-refractivity contribution in [2.75, 3.05) is 11.9 Å². The highest BCUT2D eigenvalue weighted by molar-refractivity contribution is 5.93. The van der Waals surface area contributed by atoms with E-state index in [0.29, 0.717) is 6.54 Å². The van der Waals surface area contributed by atoms with E-state index in [0.717, 1.165) is 16.8 Å². The summed E-state index contributed by atoms with van der Waals surface area (Å²) in [7, 11) is 0. The fourth-order valence-electron chi connectivity index (χ4n) is 2.29. The molecule has 110 valence electrons. The molecule has 0 bridgehead atoms. The Morgan fingerprint density at radius 2 is 1.57 bits per heavy atom. The fraction of sp³-hybridized carbons (Fsp3) is 0.278. The van der Waals surface area contributed by atoms with Crippen molar-refractivity contribution in [3.8, 4) is 11.1 Å². The summed E-state index contributed by atoms with van der Waals surface area (Å²) < 4.78 is 0. The smallest absolute Gasteiger partial charge is 0.229 e. The highest BCUT2D eigenvalue weighted by Crippen LogP contribution is 2.21. The van der Waals surface area contributed by atoms with E-state index < -0.39 is 0 Å². The average Bonchev–Trinajstić information content (AvgIpc) is 2.49. The third-order valence-electron chi connectivity index (χ3n) is 3.66. The molecule has 0 saturated heterocycles. The van der Waals surface area contributed by atoms with Crippen LogP contribution in [0.15, 0.2) is 54.6 Å². The fourth-order valence-corrected chi connectivity index (χ4v) is 2.29. The van der Waals surface area contributed by atoms with Crippen LogP contribution < -0.4 is 11.1 Å². The van der Waals surface area contributed by atoms with Crippen LogP contribution in [0, 0.1) is 11.8 Å². The summed E-state index contributed by atoms with van der Waals surface area (Å²) in [6.07, 6.45) is 0. The number of benzene rings is 2. The van der Waals surface area contributed by atoms with Gasteiger partial charge in [-0.1, -0.05) is 56.3 Å². The molecule has 0 radical (unpaired) electrons. The van der Waals surface area contributed by atoms with Gasteiger partial charge in [-0.25, -0.2) is 0 Å². The van der Waals surface area contributed by atoms with E-state index in [4.69, 9.17) is 5.73 Å². The highest BCUT2D eigenvalue weighted by Gasteiger charge is 2.20. The lowest BCUT2D eigenvalue weighted by molar-refractivity contribution is -0.120. The van der Waals surface area contributed by atoms with E-state index in [1.165, 1.54) is 0 Å². The van der Waals surface area contributed by atoms with Gasteiger partial charge in [0.05, 0.1) is 5.92 Å². The second-order valence-electron chi connectivity index (χ2n) is 5.52. The molecular formula is C18H22N2O. The third-order valence-corrected chi connectivity index (χ3v) is 3.66. The van der Waals surface area contributed by atoms with E-state index in [1.54, 1.807) is 0 Å². The van der Waals surface area contributed by atoms with Crippen molar-refractivity contribution in [3.63, 3.8) is 0 Å². The molecule has 3 heteroatoms. The average molecular weight is 282 g/mol. The maximum Gasteiger partial charge on any atom is 0.229 e. The number of carbonyl (C=O) groups is 1. The minimum absolute atomic E-state index is 0.0139. The summed E-state index contributed by atoms with van der Waals surface area (Å²) in [4.78, 5) is 12.1. The zero-order chi connectivity index (χ0) is 15.2. The Morgan fingerprint density at radius 1 is 1.00 bits per heavy atom. The van der Waals surface area contributed by atoms with Crippen LogP contribution in [0.4, 0.5) is 5.69 Å². The maximum absolute atomic E-state index is 12.1. The standard InChI is InChI=1S/C18H22N2O/c1-13(2)17(12-19)18(21)20-16-10-8-15(9-11-16)14-6-4-3-5-7-14/h3-11,13,17H,12,19H2,1-2H3,(H,20,21). The first kappa shape index (κ1) is 15.3. The van der Waals surface area contributed by atoms with Crippen molar-refractivity contribution in [2.24, 2.45) is 17.6 Å². The summed E-state index contributed by atoms with van der Waals surface area (Å²) in [5.74, 6) is 0.0670. The summed E-state index contributed by atoms with van der Waals surface area (Å²) in [5.41, 5.74) is 8.77. The molecule has 1 unspecified atom stereocenters. The Balaban J connectivity index is 2.08. The van der Waals surface area contributed by atoms with Crippen LogP contribution in [0.5, 0.6) is 0 Å². The predicted molar refractivity (Wildman–Crippen MR) is 87.9 cm³/mol. The van der Waals surface area contributed by atoms with Gasteiger partial charge in [-0.05, 0) is 29.2 Å². The minimum atomic E-state index is -0.154. The lowest BCUT2D eigenvalue weighted by atomic mass is 9.95. The monoisotopic (exact) mass is 282 g/mol. The summed E-state index contributed by atoms with van der Waals surface area (Å²) >= 11 is 0. The van der Waals surface area contributed by atoms with Gasteiger partial charge in [-0.15, -0.1) is 0 Å². The second-order valence-corrected chi connectivity index (χ2v) is 5.52. The SMILES string of the molecule is CC(C)C(CN)C(=O)Nc1ccc(-c2ccccc2)cc1. The topological polar surface area (TPSA) is 55.1 Å². The van der Waals surface area contributed by atoms with Crippen molar-refractivity contribution in [1.82, 2.24) is 0 Å². The molecule has 0 aliphatic carbocycles. The number of carbonyl (C=O) groups excluding carboxylic acids is 1. The zero-order valence-electron chi connectivity index (χ0n) is 12.5. The number of amides is 1. The quantitative estimate of drug-likeness (QED) is 0.881. The van der Waals surface area contributed by atoms with E-state index in [1.807, 2.05) is 56.3 Å². The van der Waals surface area contributed by atoms with E-state index in [-0.39, 0.29) is 17.7 Å². The predicted octanol–water partition coefficient (Wildman–Crippen LogP) is 3.52. The highest BCUT2D eigenvalue weighted by atomic mass is 16.1. The maximum atomic E-state index is 12.1. The molecule has 21 heavy (non-hydrogen) atoms. The van der Waals surface area contributed by atoms with Crippen LogP contribution in [-0.4, -0.2) is 12.5 Å². The summed E-state index contributed by atoms with van der Waals surface area (Å²) in [6, 6.07) is 18.0. The lowest BCUT2D eigenvalue weighted by Gasteiger charge is -2.18. The molecule has 0 spiro atoms. The molecule has 3 nitrogen and oxygen atoms in total. The van der Waals surface area contributed by atoms with Crippen molar-refractivity contribution < 1.29 is 4.79 Å². The molecule has 0 heterocycles. The Morgan fingerprint density at radius 3 is 2.10 bits per heavy atom. The normalized spacial score (nSPS) is 12.2. The lowest BCUT2D eigenvalue weighted by Crippen LogP contribution is -2.33. The van der Waals surface area contributed by atoms with Gasteiger partial charge in [-0.3, -0.25) is 4.79 Å². The number of hydrogen-bond acceptors (Lipinski definition) is 2. The minimum Gasteiger partial charge on any atom is -0.330 e. The van der Waals surface area contributed by atoms with Crippen LogP contribution in [0.2, 0.25) is 0 Å². The molecule has 0 fully saturated rings. The molecule has 0 aliphatic heterocycles. The molecule has 2 rings (SSSR count). The number of nitrogens with one attached hydrogen (secondary N) is 1. The molecule has 1 atom stereocenters. The number of nitrogens with two attached hydrogens (primary N) is 1. The van der Waals surface area contributed by atoms with Crippen LogP contribution in [0.1, 0.15) is 13.8 Å². The van der Waals surface area contributed by atoms with Crippen molar-refractivity contribution in [3.05, 3.63) is 54.6 Å². The first-order chi connectivity index (χ1) is 10.1. The van der Waals surface area contributed by atoms with E-state index >= 15 is 0 Å². The number of hydrogen-bond donors (Lipinski definition) is 2. The number of anilines is 1. The van der Waals surface area contributed by atoms with Crippen LogP contribution >= 0.6 is 0 Å². The van der Waals surface area contributed by atoms with E-state index in [2.05, 4.69) is 17.4 Å². The van der Waals surface area contributed by atoms with Crippen molar-refractivity contribution in [1.29, 1.82) is 0 Å². The summed E-state index contributed by atoms with van der Waals surface area (Å²) in [5, 5.41) is 2.93. The molecule has 2 aromatic rings. The van der Waals surface area contributed by atoms with E-state index in [9.17, 15) is 4.79 Å². The first-order valence-corrected chi connectivity index (χ1v) is 7.28. The van der Waals surface area contributed by atoms with Crippen LogP contribution in [0.25, 0.3) is 11.1 Å². The molecule has 3 N–H and O–H groups in total. The second kappa shape index (κ2) is 7.04. The van der Waals surface area contributed by atoms with Gasteiger partial charge >= 0.3 is 0 Å². The first-order valence-electron chi connectivity index (χ1n) is 7.28. The molecule has 0 aliphatic rings. The molecule has 0 saturated carbocycles. The Bertz CT molecular complexity index is 576. The third kappa shape index (κ3) is 3.92. The van der Waals surface area contributed by atoms with Crippen LogP contribution in [0.3, 0.4) is 0 Å². The molecule has 2 aromatic carbocycles. The molecular weight excluding hydrogens is 260 g/mol. The Labute approximate surface area is 126 Å². The number of rotatable bonds is 5. The molecule has 1 amide bonds. The van der Waals surface area contributed by atoms with Gasteiger partial charge in [0.1, 0.15) is 0 Å². The van der Waals surface area contributed by atoms with Crippen LogP contribution in [-0.2, 0) is 4.79 Å². The Hall–Kier alpha value is -2.13. The van der Waals surface area contributed by atoms with Gasteiger partial charge in [0.2, 0.25) is 5.91 Å². The largest absolute Gasteiger partial charge is 0.330 e. The van der Waals surface area contributed by atoms with Gasteiger partial charge in [0, 0.05) is 12.2 Å². The summed E-state index contributed by atoms with van der Waals surface area (Å²) in [6.45, 7) is 4.39. The van der Waals surface area contributed by atoms with Gasteiger partial charge in [0.25, 0.3) is 0 Å². The zero-order valence-corrected chi connectivity index (χ0v) is 12.5. The van der Waals surface area contributed by atoms with Gasteiger partial charge in [-0.2, -0.15) is 0 Å². The van der Waals surface area contributed by atoms with Gasteiger partial charge in [0.15, 0.2) is 0 Å². The van der Waals surface area contributed by atoms with Crippen molar-refractivity contribution >= 4 is 11.6 Å². The van der Waals surface area contributed by atoms with Crippen molar-refractivity contribution in [2.45, 2.75) is 13.8 Å². The van der Waals surface area contributed by atoms with Gasteiger partial charge < -0.3 is 11.1 Å².